The van der Waals surface area contributed by atoms with Gasteiger partial charge in [0.15, 0.2) is 5.82 Å². The van der Waals surface area contributed by atoms with Crippen LogP contribution in [-0.4, -0.2) is 53.9 Å². The summed E-state index contributed by atoms with van der Waals surface area (Å²) in [5.74, 6) is 0.226. The van der Waals surface area contributed by atoms with Gasteiger partial charge >= 0.3 is 12.8 Å². The van der Waals surface area contributed by atoms with Gasteiger partial charge in [-0.05, 0) is 69.5 Å². The zero-order valence-corrected chi connectivity index (χ0v) is 18.6. The quantitative estimate of drug-likeness (QED) is 0.554. The summed E-state index contributed by atoms with van der Waals surface area (Å²) in [5.41, 5.74) is 0.964. The van der Waals surface area contributed by atoms with Gasteiger partial charge in [0.05, 0.1) is 11.3 Å². The van der Waals surface area contributed by atoms with Crippen molar-refractivity contribution >= 4 is 5.82 Å². The fourth-order valence-corrected chi connectivity index (χ4v) is 4.88. The third kappa shape index (κ3) is 4.90. The summed E-state index contributed by atoms with van der Waals surface area (Å²) in [6.07, 6.45) is -0.855. The summed E-state index contributed by atoms with van der Waals surface area (Å²) in [6, 6.07) is 2.89. The summed E-state index contributed by atoms with van der Waals surface area (Å²) >= 11 is 0. The minimum Gasteiger partial charge on any atom is -0.434 e. The SMILES string of the molecule is CCN1CCC[C@@H](N2CCCc3c2nnc(-c2ccc(C(F)(F)F)cc2OC(F)F)c3C)C1. The van der Waals surface area contributed by atoms with E-state index in [1.54, 1.807) is 0 Å². The van der Waals surface area contributed by atoms with Crippen LogP contribution >= 0.6 is 0 Å². The molecule has 0 saturated carbocycles. The lowest BCUT2D eigenvalue weighted by atomic mass is 9.94. The van der Waals surface area contributed by atoms with Gasteiger partial charge in [-0.3, -0.25) is 0 Å². The normalized spacial score (nSPS) is 19.6. The summed E-state index contributed by atoms with van der Waals surface area (Å²) in [4.78, 5) is 4.70. The Balaban J connectivity index is 1.73. The second kappa shape index (κ2) is 9.40. The lowest BCUT2D eigenvalue weighted by molar-refractivity contribution is -0.138. The smallest absolute Gasteiger partial charge is 0.416 e. The molecule has 0 spiro atoms. The highest BCUT2D eigenvalue weighted by molar-refractivity contribution is 5.73. The topological polar surface area (TPSA) is 41.5 Å². The maximum Gasteiger partial charge on any atom is 0.416 e. The highest BCUT2D eigenvalue weighted by Gasteiger charge is 2.34. The van der Waals surface area contributed by atoms with Gasteiger partial charge in [-0.1, -0.05) is 6.92 Å². The number of hydrogen-bond donors (Lipinski definition) is 0. The van der Waals surface area contributed by atoms with Crippen LogP contribution in [0.4, 0.5) is 27.8 Å². The Morgan fingerprint density at radius 1 is 1.15 bits per heavy atom. The summed E-state index contributed by atoms with van der Waals surface area (Å²) in [7, 11) is 0. The van der Waals surface area contributed by atoms with Crippen molar-refractivity contribution in [2.75, 3.05) is 31.1 Å². The first-order chi connectivity index (χ1) is 15.7. The Bertz CT molecular complexity index is 998. The average Bonchev–Trinajstić information content (AvgIpc) is 2.78. The molecular weight excluding hydrogens is 443 g/mol. The van der Waals surface area contributed by atoms with Crippen LogP contribution < -0.4 is 9.64 Å². The van der Waals surface area contributed by atoms with Crippen molar-refractivity contribution in [2.24, 2.45) is 0 Å². The molecule has 2 aromatic rings. The third-order valence-corrected chi connectivity index (χ3v) is 6.57. The number of halogens is 5. The second-order valence-corrected chi connectivity index (χ2v) is 8.55. The number of anilines is 1. The van der Waals surface area contributed by atoms with Crippen LogP contribution in [0.15, 0.2) is 18.2 Å². The van der Waals surface area contributed by atoms with E-state index in [1.165, 1.54) is 0 Å². The summed E-state index contributed by atoms with van der Waals surface area (Å²) in [6.45, 7) is 4.58. The maximum absolute atomic E-state index is 13.1. The zero-order chi connectivity index (χ0) is 23.8. The Labute approximate surface area is 189 Å². The van der Waals surface area contributed by atoms with Gasteiger partial charge in [-0.25, -0.2) is 0 Å². The molecule has 33 heavy (non-hydrogen) atoms. The van der Waals surface area contributed by atoms with Crippen molar-refractivity contribution in [3.8, 4) is 17.0 Å². The Kier molecular flexibility index (Phi) is 6.74. The number of hydrogen-bond acceptors (Lipinski definition) is 5. The molecule has 5 nitrogen and oxygen atoms in total. The molecule has 2 aliphatic heterocycles. The minimum absolute atomic E-state index is 0.0723. The van der Waals surface area contributed by atoms with Crippen molar-refractivity contribution in [3.05, 3.63) is 34.9 Å². The molecule has 180 valence electrons. The predicted octanol–water partition coefficient (Wildman–Crippen LogP) is 5.31. The number of rotatable bonds is 5. The van der Waals surface area contributed by atoms with Crippen LogP contribution in [0.2, 0.25) is 0 Å². The van der Waals surface area contributed by atoms with Crippen LogP contribution in [0.25, 0.3) is 11.3 Å². The second-order valence-electron chi connectivity index (χ2n) is 8.55. The van der Waals surface area contributed by atoms with E-state index in [-0.39, 0.29) is 11.3 Å². The van der Waals surface area contributed by atoms with Gasteiger partial charge in [-0.15, -0.1) is 10.2 Å². The van der Waals surface area contributed by atoms with Crippen LogP contribution in [0.5, 0.6) is 5.75 Å². The molecule has 0 radical (unpaired) electrons. The molecule has 2 aliphatic rings. The molecule has 10 heteroatoms. The number of ether oxygens (including phenoxy) is 1. The van der Waals surface area contributed by atoms with Gasteiger partial charge in [0.2, 0.25) is 0 Å². The van der Waals surface area contributed by atoms with Crippen LogP contribution in [0.3, 0.4) is 0 Å². The number of nitrogens with zero attached hydrogens (tertiary/aromatic N) is 4. The lowest BCUT2D eigenvalue weighted by Crippen LogP contribution is -2.50. The molecule has 0 bridgehead atoms. The fraction of sp³-hybridized carbons (Fsp3) is 0.565. The number of benzene rings is 1. The molecule has 1 fully saturated rings. The molecule has 1 atom stereocenters. The number of likely N-dealkylation sites (N-methyl/N-ethyl adjacent to an activating group) is 1. The number of piperidine rings is 1. The molecular formula is C23H27F5N4O. The van der Waals surface area contributed by atoms with Crippen molar-refractivity contribution in [2.45, 2.75) is 58.4 Å². The summed E-state index contributed by atoms with van der Waals surface area (Å²) < 4.78 is 69.8. The minimum atomic E-state index is -4.68. The number of fused-ring (bicyclic) bond motifs is 1. The molecule has 0 amide bonds. The Morgan fingerprint density at radius 3 is 2.64 bits per heavy atom. The summed E-state index contributed by atoms with van der Waals surface area (Å²) in [5, 5.41) is 8.74. The lowest BCUT2D eigenvalue weighted by Gasteiger charge is -2.42. The van der Waals surface area contributed by atoms with E-state index < -0.39 is 24.1 Å². The fourth-order valence-electron chi connectivity index (χ4n) is 4.88. The highest BCUT2D eigenvalue weighted by atomic mass is 19.4. The van der Waals surface area contributed by atoms with E-state index in [1.807, 2.05) is 6.92 Å². The zero-order valence-electron chi connectivity index (χ0n) is 18.6. The van der Waals surface area contributed by atoms with E-state index >= 15 is 0 Å². The van der Waals surface area contributed by atoms with Crippen molar-refractivity contribution in [1.29, 1.82) is 0 Å². The first-order valence-electron chi connectivity index (χ1n) is 11.2. The Morgan fingerprint density at radius 2 is 1.94 bits per heavy atom. The molecule has 0 aliphatic carbocycles. The molecule has 4 rings (SSSR count). The standard InChI is InChI=1S/C23H27F5N4O/c1-3-31-10-4-6-16(13-31)32-11-5-7-17-14(2)20(29-30-21(17)32)18-9-8-15(23(26,27)28)12-19(18)33-22(24)25/h8-9,12,16,22H,3-7,10-11,13H2,1-2H3/t16-/m1/s1. The van der Waals surface area contributed by atoms with Crippen molar-refractivity contribution in [3.63, 3.8) is 0 Å². The van der Waals surface area contributed by atoms with Crippen LogP contribution in [-0.2, 0) is 12.6 Å². The van der Waals surface area contributed by atoms with E-state index in [2.05, 4.69) is 31.7 Å². The first-order valence-corrected chi connectivity index (χ1v) is 11.2. The molecule has 0 unspecified atom stereocenters. The van der Waals surface area contributed by atoms with Crippen molar-refractivity contribution in [1.82, 2.24) is 15.1 Å². The van der Waals surface area contributed by atoms with E-state index in [0.717, 1.165) is 80.9 Å². The highest BCUT2D eigenvalue weighted by Crippen LogP contribution is 2.40. The third-order valence-electron chi connectivity index (χ3n) is 6.57. The maximum atomic E-state index is 13.1. The van der Waals surface area contributed by atoms with Crippen LogP contribution in [0.1, 0.15) is 42.9 Å². The monoisotopic (exact) mass is 470 g/mol. The van der Waals surface area contributed by atoms with E-state index in [0.29, 0.717) is 12.1 Å². The van der Waals surface area contributed by atoms with E-state index in [4.69, 9.17) is 0 Å². The average molecular weight is 470 g/mol. The van der Waals surface area contributed by atoms with Crippen molar-refractivity contribution < 1.29 is 26.7 Å². The van der Waals surface area contributed by atoms with Gasteiger partial charge in [0, 0.05) is 30.3 Å². The van der Waals surface area contributed by atoms with Gasteiger partial charge in [0.25, 0.3) is 0 Å². The molecule has 1 aromatic heterocycles. The molecule has 0 N–H and O–H groups in total. The number of aromatic nitrogens is 2. The van der Waals surface area contributed by atoms with Gasteiger partial charge in [0.1, 0.15) is 5.75 Å². The Hall–Kier alpha value is -2.49. The number of likely N-dealkylation sites (tertiary alicyclic amines) is 1. The van der Waals surface area contributed by atoms with Crippen LogP contribution in [0, 0.1) is 6.92 Å². The predicted molar refractivity (Wildman–Crippen MR) is 115 cm³/mol. The first kappa shape index (κ1) is 23.7. The van der Waals surface area contributed by atoms with Gasteiger partial charge in [-0.2, -0.15) is 22.0 Å². The largest absolute Gasteiger partial charge is 0.434 e. The molecule has 1 aromatic carbocycles. The number of alkyl halides is 5. The molecule has 1 saturated heterocycles. The van der Waals surface area contributed by atoms with Gasteiger partial charge < -0.3 is 14.5 Å². The molecule has 3 heterocycles. The van der Waals surface area contributed by atoms with E-state index in [9.17, 15) is 22.0 Å².